The Morgan fingerprint density at radius 1 is 1.21 bits per heavy atom. The smallest absolute Gasteiger partial charge is 0.408 e. The van der Waals surface area contributed by atoms with E-state index in [9.17, 15) is 17.2 Å². The Bertz CT molecular complexity index is 1190. The fourth-order valence-electron chi connectivity index (χ4n) is 2.66. The van der Waals surface area contributed by atoms with Crippen LogP contribution in [-0.2, 0) is 10.0 Å². The number of halogens is 3. The zero-order valence-electron chi connectivity index (χ0n) is 15.3. The molecule has 0 saturated heterocycles. The van der Waals surface area contributed by atoms with Gasteiger partial charge in [0, 0.05) is 11.1 Å². The number of fused-ring (bicyclic) bond motifs is 1. The molecule has 1 unspecified atom stereocenters. The van der Waals surface area contributed by atoms with E-state index in [0.29, 0.717) is 28.1 Å². The SMILES string of the molecule is Cc1cc2c(NS(C)(=O)=O)cccc2nc1Nc1ccc(OC(F)(F)P)c(Cl)c1. The van der Waals surface area contributed by atoms with Crippen LogP contribution >= 0.6 is 20.8 Å². The molecule has 0 fully saturated rings. The summed E-state index contributed by atoms with van der Waals surface area (Å²) in [5.41, 5.74) is 2.26. The number of alkyl halides is 2. The van der Waals surface area contributed by atoms with Gasteiger partial charge in [-0.1, -0.05) is 17.7 Å². The van der Waals surface area contributed by atoms with E-state index in [4.69, 9.17) is 11.6 Å². The number of ether oxygens (including phenoxy) is 1. The number of nitrogens with zero attached hydrogens (tertiary/aromatic N) is 1. The molecule has 2 N–H and O–H groups in total. The van der Waals surface area contributed by atoms with Crippen molar-refractivity contribution < 1.29 is 21.9 Å². The molecule has 0 aliphatic rings. The van der Waals surface area contributed by atoms with Crippen molar-refractivity contribution in [2.75, 3.05) is 16.3 Å². The standard InChI is InChI=1S/C18H17ClF2N3O3PS/c1-10-8-12-14(4-3-5-15(12)24-29(2,25)26)23-17(10)22-11-6-7-16(13(19)9-11)27-18(20,21)28/h3-9,24H,28H2,1-2H3,(H,22,23). The van der Waals surface area contributed by atoms with Gasteiger partial charge < -0.3 is 10.1 Å². The van der Waals surface area contributed by atoms with Crippen molar-refractivity contribution >= 4 is 59.0 Å². The van der Waals surface area contributed by atoms with Crippen LogP contribution < -0.4 is 14.8 Å². The van der Waals surface area contributed by atoms with Crippen LogP contribution in [0.2, 0.25) is 5.02 Å². The highest BCUT2D eigenvalue weighted by Crippen LogP contribution is 2.35. The molecule has 3 aromatic rings. The minimum Gasteiger partial charge on any atom is -0.428 e. The zero-order valence-corrected chi connectivity index (χ0v) is 18.1. The quantitative estimate of drug-likeness (QED) is 0.500. The third kappa shape index (κ3) is 5.65. The van der Waals surface area contributed by atoms with E-state index in [1.165, 1.54) is 27.4 Å². The van der Waals surface area contributed by atoms with Crippen LogP contribution in [0, 0.1) is 6.92 Å². The van der Waals surface area contributed by atoms with Gasteiger partial charge in [0.2, 0.25) is 10.0 Å². The maximum Gasteiger partial charge on any atom is 0.408 e. The summed E-state index contributed by atoms with van der Waals surface area (Å²) in [5.74, 6) is -3.07. The minimum absolute atomic E-state index is 0.00945. The molecule has 0 aliphatic heterocycles. The Hall–Kier alpha value is -2.22. The van der Waals surface area contributed by atoms with E-state index in [0.717, 1.165) is 11.8 Å². The number of anilines is 3. The number of aryl methyl sites for hydroxylation is 1. The second-order valence-electron chi connectivity index (χ2n) is 6.33. The summed E-state index contributed by atoms with van der Waals surface area (Å²) in [6.07, 6.45) is 1.08. The highest BCUT2D eigenvalue weighted by Gasteiger charge is 2.24. The first-order valence-corrected chi connectivity index (χ1v) is 11.1. The van der Waals surface area contributed by atoms with Gasteiger partial charge in [0.25, 0.3) is 0 Å². The van der Waals surface area contributed by atoms with E-state index in [-0.39, 0.29) is 10.8 Å². The van der Waals surface area contributed by atoms with Gasteiger partial charge in [0.05, 0.1) is 22.5 Å². The normalized spacial score (nSPS) is 12.1. The number of hydrogen-bond donors (Lipinski definition) is 2. The second-order valence-corrected chi connectivity index (χ2v) is 9.16. The Labute approximate surface area is 173 Å². The lowest BCUT2D eigenvalue weighted by molar-refractivity contribution is -0.0891. The molecule has 3 rings (SSSR count). The molecule has 6 nitrogen and oxygen atoms in total. The molecule has 0 radical (unpaired) electrons. The number of nitrogens with one attached hydrogen (secondary N) is 2. The van der Waals surface area contributed by atoms with Gasteiger partial charge in [-0.25, -0.2) is 13.4 Å². The zero-order chi connectivity index (χ0) is 21.4. The lowest BCUT2D eigenvalue weighted by Crippen LogP contribution is -2.15. The molecule has 0 spiro atoms. The molecule has 2 aromatic carbocycles. The third-order valence-corrected chi connectivity index (χ3v) is 4.79. The van der Waals surface area contributed by atoms with Crippen molar-refractivity contribution in [3.8, 4) is 5.75 Å². The number of pyridine rings is 1. The van der Waals surface area contributed by atoms with Gasteiger partial charge >= 0.3 is 5.85 Å². The highest BCUT2D eigenvalue weighted by molar-refractivity contribution is 7.92. The van der Waals surface area contributed by atoms with Gasteiger partial charge in [0.15, 0.2) is 0 Å². The van der Waals surface area contributed by atoms with Crippen molar-refractivity contribution in [2.45, 2.75) is 12.8 Å². The molecule has 1 atom stereocenters. The fourth-order valence-corrected chi connectivity index (χ4v) is 3.58. The Kier molecular flexibility index (Phi) is 5.85. The largest absolute Gasteiger partial charge is 0.428 e. The van der Waals surface area contributed by atoms with E-state index in [2.05, 4.69) is 19.8 Å². The van der Waals surface area contributed by atoms with Crippen molar-refractivity contribution in [1.82, 2.24) is 4.98 Å². The second kappa shape index (κ2) is 7.89. The molecular formula is C18H17ClF2N3O3PS. The van der Waals surface area contributed by atoms with Crippen LogP contribution in [0.4, 0.5) is 26.0 Å². The molecule has 29 heavy (non-hydrogen) atoms. The molecule has 1 heterocycles. The van der Waals surface area contributed by atoms with Crippen LogP contribution in [-0.4, -0.2) is 25.5 Å². The first kappa shape index (κ1) is 21.5. The first-order valence-electron chi connectivity index (χ1n) is 8.22. The van der Waals surface area contributed by atoms with Gasteiger partial charge in [-0.3, -0.25) is 4.72 Å². The Morgan fingerprint density at radius 2 is 1.93 bits per heavy atom. The van der Waals surface area contributed by atoms with E-state index < -0.39 is 15.9 Å². The maximum atomic E-state index is 13.0. The van der Waals surface area contributed by atoms with Crippen molar-refractivity contribution in [3.63, 3.8) is 0 Å². The summed E-state index contributed by atoms with van der Waals surface area (Å²) in [6, 6.07) is 11.2. The molecule has 11 heteroatoms. The van der Waals surface area contributed by atoms with Gasteiger partial charge in [-0.15, -0.1) is 0 Å². The van der Waals surface area contributed by atoms with E-state index in [1.807, 2.05) is 0 Å². The van der Waals surface area contributed by atoms with Crippen LogP contribution in [0.25, 0.3) is 10.9 Å². The molecular weight excluding hydrogens is 443 g/mol. The molecule has 0 amide bonds. The van der Waals surface area contributed by atoms with Crippen LogP contribution in [0.5, 0.6) is 5.75 Å². The van der Waals surface area contributed by atoms with Crippen LogP contribution in [0.15, 0.2) is 42.5 Å². The van der Waals surface area contributed by atoms with Crippen LogP contribution in [0.1, 0.15) is 5.56 Å². The number of rotatable bonds is 6. The predicted molar refractivity (Wildman–Crippen MR) is 115 cm³/mol. The summed E-state index contributed by atoms with van der Waals surface area (Å²) in [5, 5.41) is 3.73. The Morgan fingerprint density at radius 3 is 2.55 bits per heavy atom. The van der Waals surface area contributed by atoms with E-state index >= 15 is 0 Å². The summed E-state index contributed by atoms with van der Waals surface area (Å²) >= 11 is 6.03. The molecule has 1 aromatic heterocycles. The number of sulfonamides is 1. The third-order valence-electron chi connectivity index (χ3n) is 3.79. The first-order chi connectivity index (χ1) is 13.4. The lowest BCUT2D eigenvalue weighted by Gasteiger charge is -2.16. The summed E-state index contributed by atoms with van der Waals surface area (Å²) in [6.45, 7) is 1.81. The van der Waals surface area contributed by atoms with Crippen molar-refractivity contribution in [3.05, 3.63) is 53.1 Å². The maximum absolute atomic E-state index is 13.0. The fraction of sp³-hybridized carbons (Fsp3) is 0.167. The number of benzene rings is 2. The minimum atomic E-state index is -3.44. The summed E-state index contributed by atoms with van der Waals surface area (Å²) < 4.78 is 56.0. The summed E-state index contributed by atoms with van der Waals surface area (Å²) in [4.78, 5) is 4.53. The average Bonchev–Trinajstić information content (AvgIpc) is 2.56. The van der Waals surface area contributed by atoms with Crippen molar-refractivity contribution in [1.29, 1.82) is 0 Å². The predicted octanol–water partition coefficient (Wildman–Crippen LogP) is 5.12. The molecule has 0 saturated carbocycles. The monoisotopic (exact) mass is 459 g/mol. The molecule has 154 valence electrons. The average molecular weight is 460 g/mol. The van der Waals surface area contributed by atoms with E-state index in [1.54, 1.807) is 31.2 Å². The van der Waals surface area contributed by atoms with Crippen LogP contribution in [0.3, 0.4) is 0 Å². The number of hydrogen-bond acceptors (Lipinski definition) is 5. The van der Waals surface area contributed by atoms with Gasteiger partial charge in [-0.05, 0) is 58.1 Å². The van der Waals surface area contributed by atoms with Gasteiger partial charge in [0.1, 0.15) is 11.6 Å². The summed E-state index contributed by atoms with van der Waals surface area (Å²) in [7, 11) is -2.16. The number of aromatic nitrogens is 1. The highest BCUT2D eigenvalue weighted by atomic mass is 35.5. The molecule has 0 bridgehead atoms. The molecule has 0 aliphatic carbocycles. The Balaban J connectivity index is 1.93. The topological polar surface area (TPSA) is 80.3 Å². The lowest BCUT2D eigenvalue weighted by atomic mass is 10.1. The van der Waals surface area contributed by atoms with Crippen molar-refractivity contribution in [2.24, 2.45) is 0 Å². The van der Waals surface area contributed by atoms with Gasteiger partial charge in [-0.2, -0.15) is 8.78 Å².